The summed E-state index contributed by atoms with van der Waals surface area (Å²) in [6.07, 6.45) is 8.53. The molecule has 0 spiro atoms. The Labute approximate surface area is 82.8 Å². The van der Waals surface area contributed by atoms with Crippen molar-refractivity contribution in [1.29, 1.82) is 0 Å². The number of rotatable bonds is 1. The summed E-state index contributed by atoms with van der Waals surface area (Å²) in [5.74, 6) is 0. The molecule has 1 fully saturated rings. The van der Waals surface area contributed by atoms with Crippen LogP contribution in [0, 0.1) is 0 Å². The number of nitrogens with one attached hydrogen (secondary N) is 1. The van der Waals surface area contributed by atoms with Crippen LogP contribution in [0.4, 0.5) is 0 Å². The largest absolute Gasteiger partial charge is 0.310 e. The molecule has 0 saturated carbocycles. The molecular weight excluding hydrogens is 174 g/mol. The highest BCUT2D eigenvalue weighted by Gasteiger charge is 2.16. The lowest BCUT2D eigenvalue weighted by Gasteiger charge is -2.10. The number of aromatic nitrogens is 2. The summed E-state index contributed by atoms with van der Waals surface area (Å²) in [5.41, 5.74) is 2.39. The summed E-state index contributed by atoms with van der Waals surface area (Å²) in [6, 6.07) is 4.79. The molecule has 72 valence electrons. The van der Waals surface area contributed by atoms with Gasteiger partial charge in [0.25, 0.3) is 0 Å². The average Bonchev–Trinajstić information content (AvgIpc) is 2.88. The summed E-state index contributed by atoms with van der Waals surface area (Å²) >= 11 is 0. The fourth-order valence-corrected chi connectivity index (χ4v) is 2.11. The smallest absolute Gasteiger partial charge is 0.136 e. The standard InChI is InChI=1S/C11H13N3/c1-2-10(12-5-1)9-3-4-11-13-6-7-14(11)8-9/h3-4,6-8,10,12H,1-2,5H2. The first-order valence-corrected chi connectivity index (χ1v) is 5.09. The van der Waals surface area contributed by atoms with Gasteiger partial charge in [-0.2, -0.15) is 0 Å². The Morgan fingerprint density at radius 2 is 2.43 bits per heavy atom. The minimum atomic E-state index is 0.543. The van der Waals surface area contributed by atoms with Gasteiger partial charge in [-0.05, 0) is 31.0 Å². The van der Waals surface area contributed by atoms with Crippen molar-refractivity contribution >= 4 is 5.65 Å². The molecule has 3 heterocycles. The van der Waals surface area contributed by atoms with Crippen molar-refractivity contribution in [2.75, 3.05) is 6.54 Å². The van der Waals surface area contributed by atoms with Crippen molar-refractivity contribution in [3.05, 3.63) is 36.3 Å². The third-order valence-electron chi connectivity index (χ3n) is 2.87. The molecule has 3 rings (SSSR count). The van der Waals surface area contributed by atoms with E-state index in [1.165, 1.54) is 18.4 Å². The molecule has 0 bridgehead atoms. The molecule has 3 nitrogen and oxygen atoms in total. The Hall–Kier alpha value is -1.35. The van der Waals surface area contributed by atoms with E-state index in [1.807, 2.05) is 12.4 Å². The molecule has 14 heavy (non-hydrogen) atoms. The maximum atomic E-state index is 4.23. The lowest BCUT2D eigenvalue weighted by molar-refractivity contribution is 0.644. The third-order valence-corrected chi connectivity index (χ3v) is 2.87. The fraction of sp³-hybridized carbons (Fsp3) is 0.364. The van der Waals surface area contributed by atoms with E-state index in [2.05, 4.69) is 33.0 Å². The highest BCUT2D eigenvalue weighted by atomic mass is 15.0. The van der Waals surface area contributed by atoms with Crippen LogP contribution in [-0.4, -0.2) is 15.9 Å². The number of hydrogen-bond acceptors (Lipinski definition) is 2. The van der Waals surface area contributed by atoms with Crippen LogP contribution in [0.25, 0.3) is 5.65 Å². The molecule has 1 unspecified atom stereocenters. The second-order valence-corrected chi connectivity index (χ2v) is 3.80. The highest BCUT2D eigenvalue weighted by molar-refractivity contribution is 5.40. The van der Waals surface area contributed by atoms with Crippen molar-refractivity contribution in [2.45, 2.75) is 18.9 Å². The van der Waals surface area contributed by atoms with E-state index >= 15 is 0 Å². The average molecular weight is 187 g/mol. The molecule has 2 aromatic heterocycles. The topological polar surface area (TPSA) is 29.3 Å². The summed E-state index contributed by atoms with van der Waals surface area (Å²) in [7, 11) is 0. The summed E-state index contributed by atoms with van der Waals surface area (Å²) in [4.78, 5) is 4.23. The molecule has 2 aromatic rings. The predicted octanol–water partition coefficient (Wildman–Crippen LogP) is 1.76. The van der Waals surface area contributed by atoms with Gasteiger partial charge in [0.2, 0.25) is 0 Å². The van der Waals surface area contributed by atoms with Crippen LogP contribution < -0.4 is 5.32 Å². The molecule has 1 atom stereocenters. The minimum Gasteiger partial charge on any atom is -0.310 e. The Balaban J connectivity index is 2.04. The fourth-order valence-electron chi connectivity index (χ4n) is 2.11. The van der Waals surface area contributed by atoms with Crippen LogP contribution in [0.3, 0.4) is 0 Å². The van der Waals surface area contributed by atoms with E-state index in [1.54, 1.807) is 0 Å². The molecular formula is C11H13N3. The van der Waals surface area contributed by atoms with E-state index in [-0.39, 0.29) is 0 Å². The zero-order valence-corrected chi connectivity index (χ0v) is 7.98. The Morgan fingerprint density at radius 3 is 3.29 bits per heavy atom. The minimum absolute atomic E-state index is 0.543. The van der Waals surface area contributed by atoms with Gasteiger partial charge in [-0.25, -0.2) is 4.98 Å². The van der Waals surface area contributed by atoms with Gasteiger partial charge in [0.15, 0.2) is 0 Å². The van der Waals surface area contributed by atoms with E-state index in [0.717, 1.165) is 12.2 Å². The summed E-state index contributed by atoms with van der Waals surface area (Å²) < 4.78 is 2.08. The molecule has 0 amide bonds. The second kappa shape index (κ2) is 3.10. The molecule has 1 aliphatic rings. The van der Waals surface area contributed by atoms with Gasteiger partial charge in [-0.1, -0.05) is 6.07 Å². The quantitative estimate of drug-likeness (QED) is 0.737. The van der Waals surface area contributed by atoms with Crippen LogP contribution in [0.15, 0.2) is 30.7 Å². The van der Waals surface area contributed by atoms with Crippen molar-refractivity contribution in [2.24, 2.45) is 0 Å². The number of nitrogens with zero attached hydrogens (tertiary/aromatic N) is 2. The van der Waals surface area contributed by atoms with Crippen LogP contribution in [-0.2, 0) is 0 Å². The van der Waals surface area contributed by atoms with Gasteiger partial charge in [0.05, 0.1) is 0 Å². The number of hydrogen-bond donors (Lipinski definition) is 1. The van der Waals surface area contributed by atoms with Gasteiger partial charge in [0.1, 0.15) is 5.65 Å². The Morgan fingerprint density at radius 1 is 1.43 bits per heavy atom. The molecule has 1 aliphatic heterocycles. The monoisotopic (exact) mass is 187 g/mol. The number of fused-ring (bicyclic) bond motifs is 1. The first-order chi connectivity index (χ1) is 6.93. The van der Waals surface area contributed by atoms with Crippen LogP contribution in [0.5, 0.6) is 0 Å². The maximum absolute atomic E-state index is 4.23. The SMILES string of the molecule is c1cn2cc(C3CCCN3)ccc2n1. The van der Waals surface area contributed by atoms with Gasteiger partial charge in [-0.15, -0.1) is 0 Å². The summed E-state index contributed by atoms with van der Waals surface area (Å²) in [5, 5.41) is 3.50. The van der Waals surface area contributed by atoms with E-state index in [9.17, 15) is 0 Å². The zero-order valence-electron chi connectivity index (χ0n) is 7.98. The van der Waals surface area contributed by atoms with Gasteiger partial charge < -0.3 is 9.72 Å². The molecule has 0 radical (unpaired) electrons. The third kappa shape index (κ3) is 1.21. The summed E-state index contributed by atoms with van der Waals surface area (Å²) in [6.45, 7) is 1.15. The van der Waals surface area contributed by atoms with Gasteiger partial charge in [0, 0.05) is 24.6 Å². The van der Waals surface area contributed by atoms with E-state index in [0.29, 0.717) is 6.04 Å². The van der Waals surface area contributed by atoms with Crippen LogP contribution in [0.2, 0.25) is 0 Å². The Kier molecular flexibility index (Phi) is 1.77. The normalized spacial score (nSPS) is 21.9. The molecule has 1 N–H and O–H groups in total. The van der Waals surface area contributed by atoms with E-state index in [4.69, 9.17) is 0 Å². The second-order valence-electron chi connectivity index (χ2n) is 3.80. The highest BCUT2D eigenvalue weighted by Crippen LogP contribution is 2.22. The predicted molar refractivity (Wildman–Crippen MR) is 55.2 cm³/mol. The van der Waals surface area contributed by atoms with Crippen LogP contribution in [0.1, 0.15) is 24.4 Å². The molecule has 3 heteroatoms. The van der Waals surface area contributed by atoms with Gasteiger partial charge in [-0.3, -0.25) is 0 Å². The maximum Gasteiger partial charge on any atom is 0.136 e. The van der Waals surface area contributed by atoms with Crippen LogP contribution >= 0.6 is 0 Å². The Bertz CT molecular complexity index is 440. The molecule has 1 saturated heterocycles. The lowest BCUT2D eigenvalue weighted by Crippen LogP contribution is -2.13. The molecule has 0 aromatic carbocycles. The number of pyridine rings is 1. The van der Waals surface area contributed by atoms with E-state index < -0.39 is 0 Å². The van der Waals surface area contributed by atoms with Crippen molar-refractivity contribution < 1.29 is 0 Å². The van der Waals surface area contributed by atoms with Crippen molar-refractivity contribution in [3.8, 4) is 0 Å². The van der Waals surface area contributed by atoms with Crippen molar-refractivity contribution in [3.63, 3.8) is 0 Å². The molecule has 0 aliphatic carbocycles. The number of imidazole rings is 1. The zero-order chi connectivity index (χ0) is 9.38. The first-order valence-electron chi connectivity index (χ1n) is 5.09. The first kappa shape index (κ1) is 8.00. The lowest BCUT2D eigenvalue weighted by atomic mass is 10.1. The van der Waals surface area contributed by atoms with Gasteiger partial charge >= 0.3 is 0 Å². The van der Waals surface area contributed by atoms with Crippen molar-refractivity contribution in [1.82, 2.24) is 14.7 Å².